The van der Waals surface area contributed by atoms with Crippen molar-refractivity contribution in [1.82, 2.24) is 4.90 Å². The summed E-state index contributed by atoms with van der Waals surface area (Å²) in [6.45, 7) is 3.72. The van der Waals surface area contributed by atoms with Gasteiger partial charge in [0.25, 0.3) is 0 Å². The molecule has 0 radical (unpaired) electrons. The summed E-state index contributed by atoms with van der Waals surface area (Å²) in [5.41, 5.74) is 2.68. The highest BCUT2D eigenvalue weighted by atomic mass is 16.5. The molecular weight excluding hydrogens is 394 g/mol. The number of hydrogen-bond acceptors (Lipinski definition) is 5. The van der Waals surface area contributed by atoms with E-state index in [1.54, 1.807) is 26.4 Å². The van der Waals surface area contributed by atoms with Crippen LogP contribution in [0.2, 0.25) is 0 Å². The zero-order chi connectivity index (χ0) is 22.2. The first kappa shape index (κ1) is 22.6. The molecule has 31 heavy (non-hydrogen) atoms. The van der Waals surface area contributed by atoms with Gasteiger partial charge >= 0.3 is 0 Å². The highest BCUT2D eigenvalue weighted by molar-refractivity contribution is 5.97. The molecule has 0 spiro atoms. The molecule has 1 heterocycles. The van der Waals surface area contributed by atoms with E-state index in [2.05, 4.69) is 5.32 Å². The Morgan fingerprint density at radius 3 is 2.65 bits per heavy atom. The predicted octanol–water partition coefficient (Wildman–Crippen LogP) is 3.33. The molecule has 0 aromatic heterocycles. The molecule has 0 fully saturated rings. The van der Waals surface area contributed by atoms with Crippen LogP contribution < -0.4 is 19.7 Å². The van der Waals surface area contributed by atoms with Crippen LogP contribution in [0.3, 0.4) is 0 Å². The van der Waals surface area contributed by atoms with E-state index in [-0.39, 0.29) is 24.9 Å². The van der Waals surface area contributed by atoms with E-state index in [1.807, 2.05) is 47.1 Å². The normalized spacial score (nSPS) is 13.0. The van der Waals surface area contributed by atoms with E-state index >= 15 is 0 Å². The maximum absolute atomic E-state index is 13.1. The minimum absolute atomic E-state index is 0.00431. The Hall–Kier alpha value is -3.06. The molecule has 0 aliphatic carbocycles. The summed E-state index contributed by atoms with van der Waals surface area (Å²) in [7, 11) is 3.21. The van der Waals surface area contributed by atoms with Crippen LogP contribution in [0.4, 0.5) is 11.4 Å². The molecule has 0 bridgehead atoms. The van der Waals surface area contributed by atoms with Gasteiger partial charge in [-0.1, -0.05) is 19.1 Å². The fourth-order valence-corrected chi connectivity index (χ4v) is 3.91. The smallest absolute Gasteiger partial charge is 0.241 e. The Labute approximate surface area is 183 Å². The van der Waals surface area contributed by atoms with Crippen LogP contribution in [-0.2, 0) is 16.0 Å². The summed E-state index contributed by atoms with van der Waals surface area (Å²) in [6.07, 6.45) is 2.69. The second-order valence-electron chi connectivity index (χ2n) is 7.60. The molecule has 7 heteroatoms. The molecule has 2 aromatic carbocycles. The molecule has 3 rings (SSSR count). The fourth-order valence-electron chi connectivity index (χ4n) is 3.91. The Kier molecular flexibility index (Phi) is 7.89. The van der Waals surface area contributed by atoms with Crippen LogP contribution in [-0.4, -0.2) is 57.1 Å². The molecule has 0 saturated carbocycles. The van der Waals surface area contributed by atoms with Crippen LogP contribution in [0.15, 0.2) is 42.5 Å². The first-order valence-electron chi connectivity index (χ1n) is 10.7. The van der Waals surface area contributed by atoms with Crippen molar-refractivity contribution in [2.75, 3.05) is 50.6 Å². The monoisotopic (exact) mass is 425 g/mol. The van der Waals surface area contributed by atoms with Gasteiger partial charge in [-0.3, -0.25) is 14.5 Å². The SMILES string of the molecule is CCCN(CC(=O)Nc1ccccc1OC)CC(=O)N1CCCc2cc(OC)ccc21. The first-order valence-corrected chi connectivity index (χ1v) is 10.7. The minimum atomic E-state index is -0.172. The number of ether oxygens (including phenoxy) is 2. The Balaban J connectivity index is 1.66. The Morgan fingerprint density at radius 1 is 1.10 bits per heavy atom. The average Bonchev–Trinajstić information content (AvgIpc) is 2.78. The van der Waals surface area contributed by atoms with Crippen LogP contribution in [0.1, 0.15) is 25.3 Å². The van der Waals surface area contributed by atoms with Gasteiger partial charge in [0.05, 0.1) is 33.0 Å². The Bertz CT molecular complexity index is 915. The van der Waals surface area contributed by atoms with E-state index in [4.69, 9.17) is 9.47 Å². The average molecular weight is 426 g/mol. The molecule has 7 nitrogen and oxygen atoms in total. The van der Waals surface area contributed by atoms with Gasteiger partial charge in [-0.15, -0.1) is 0 Å². The molecular formula is C24H31N3O4. The summed E-state index contributed by atoms with van der Waals surface area (Å²) >= 11 is 0. The van der Waals surface area contributed by atoms with Crippen molar-refractivity contribution in [2.24, 2.45) is 0 Å². The molecule has 2 aromatic rings. The van der Waals surface area contributed by atoms with E-state index in [1.165, 1.54) is 0 Å². The lowest BCUT2D eigenvalue weighted by atomic mass is 10.0. The lowest BCUT2D eigenvalue weighted by Crippen LogP contribution is -2.45. The van der Waals surface area contributed by atoms with Gasteiger partial charge in [-0.2, -0.15) is 0 Å². The molecule has 0 saturated heterocycles. The molecule has 1 aliphatic heterocycles. The number of nitrogens with zero attached hydrogens (tertiary/aromatic N) is 2. The van der Waals surface area contributed by atoms with E-state index in [9.17, 15) is 9.59 Å². The number of rotatable bonds is 9. The molecule has 1 N–H and O–H groups in total. The van der Waals surface area contributed by atoms with Gasteiger partial charge in [-0.25, -0.2) is 0 Å². The third kappa shape index (κ3) is 5.76. The number of anilines is 2. The summed E-state index contributed by atoms with van der Waals surface area (Å²) < 4.78 is 10.6. The van der Waals surface area contributed by atoms with Gasteiger partial charge in [-0.05, 0) is 61.7 Å². The molecule has 2 amide bonds. The van der Waals surface area contributed by atoms with Gasteiger partial charge in [0, 0.05) is 12.2 Å². The summed E-state index contributed by atoms with van der Waals surface area (Å²) in [4.78, 5) is 29.5. The number of para-hydroxylation sites is 2. The van der Waals surface area contributed by atoms with Crippen molar-refractivity contribution < 1.29 is 19.1 Å². The summed E-state index contributed by atoms with van der Waals surface area (Å²) in [6, 6.07) is 13.1. The molecule has 0 atom stereocenters. The first-order chi connectivity index (χ1) is 15.0. The van der Waals surface area contributed by atoms with Gasteiger partial charge in [0.2, 0.25) is 11.8 Å². The van der Waals surface area contributed by atoms with Crippen molar-refractivity contribution in [3.63, 3.8) is 0 Å². The number of benzene rings is 2. The number of carbonyl (C=O) groups is 2. The lowest BCUT2D eigenvalue weighted by Gasteiger charge is -2.32. The standard InChI is InChI=1S/C24H31N3O4/c1-4-13-26(16-23(28)25-20-9-5-6-10-22(20)31-3)17-24(29)27-14-7-8-18-15-19(30-2)11-12-21(18)27/h5-6,9-12,15H,4,7-8,13-14,16-17H2,1-3H3,(H,25,28). The maximum atomic E-state index is 13.1. The van der Waals surface area contributed by atoms with E-state index in [0.717, 1.165) is 36.3 Å². The fraction of sp³-hybridized carbons (Fsp3) is 0.417. The lowest BCUT2D eigenvalue weighted by molar-refractivity contribution is -0.121. The summed E-state index contributed by atoms with van der Waals surface area (Å²) in [5, 5.41) is 2.89. The van der Waals surface area contributed by atoms with Crippen molar-refractivity contribution in [3.05, 3.63) is 48.0 Å². The van der Waals surface area contributed by atoms with Crippen LogP contribution in [0, 0.1) is 0 Å². The largest absolute Gasteiger partial charge is 0.497 e. The second-order valence-corrected chi connectivity index (χ2v) is 7.60. The number of aryl methyl sites for hydroxylation is 1. The van der Waals surface area contributed by atoms with Crippen LogP contribution in [0.25, 0.3) is 0 Å². The number of hydrogen-bond donors (Lipinski definition) is 1. The third-order valence-electron chi connectivity index (χ3n) is 5.35. The van der Waals surface area contributed by atoms with Gasteiger partial charge in [0.15, 0.2) is 0 Å². The van der Waals surface area contributed by atoms with Gasteiger partial charge in [0.1, 0.15) is 11.5 Å². The number of fused-ring (bicyclic) bond motifs is 1. The van der Waals surface area contributed by atoms with Gasteiger partial charge < -0.3 is 19.7 Å². The molecule has 1 aliphatic rings. The third-order valence-corrected chi connectivity index (χ3v) is 5.35. The van der Waals surface area contributed by atoms with Crippen molar-refractivity contribution in [1.29, 1.82) is 0 Å². The molecule has 0 unspecified atom stereocenters. The molecule has 166 valence electrons. The van der Waals surface area contributed by atoms with Crippen molar-refractivity contribution in [2.45, 2.75) is 26.2 Å². The van der Waals surface area contributed by atoms with E-state index < -0.39 is 0 Å². The van der Waals surface area contributed by atoms with Crippen LogP contribution in [0.5, 0.6) is 11.5 Å². The van der Waals surface area contributed by atoms with E-state index in [0.29, 0.717) is 24.5 Å². The topological polar surface area (TPSA) is 71.1 Å². The minimum Gasteiger partial charge on any atom is -0.497 e. The number of methoxy groups -OCH3 is 2. The van der Waals surface area contributed by atoms with Crippen LogP contribution >= 0.6 is 0 Å². The zero-order valence-electron chi connectivity index (χ0n) is 18.5. The van der Waals surface area contributed by atoms with Crippen molar-refractivity contribution >= 4 is 23.2 Å². The highest BCUT2D eigenvalue weighted by Crippen LogP contribution is 2.30. The highest BCUT2D eigenvalue weighted by Gasteiger charge is 2.25. The number of carbonyl (C=O) groups excluding carboxylic acids is 2. The van der Waals surface area contributed by atoms with Crippen molar-refractivity contribution in [3.8, 4) is 11.5 Å². The number of amides is 2. The second kappa shape index (κ2) is 10.8. The zero-order valence-corrected chi connectivity index (χ0v) is 18.5. The predicted molar refractivity (Wildman–Crippen MR) is 122 cm³/mol. The summed E-state index contributed by atoms with van der Waals surface area (Å²) in [5.74, 6) is 1.24. The number of nitrogens with one attached hydrogen (secondary N) is 1. The quantitative estimate of drug-likeness (QED) is 0.667. The maximum Gasteiger partial charge on any atom is 0.241 e. The Morgan fingerprint density at radius 2 is 1.90 bits per heavy atom.